The number of hydrogen-bond acceptors (Lipinski definition) is 4. The first-order chi connectivity index (χ1) is 16.0. The molecule has 3 aromatic rings. The van der Waals surface area contributed by atoms with Crippen LogP contribution in [0.15, 0.2) is 82.6 Å². The Hall–Kier alpha value is -3.45. The summed E-state index contributed by atoms with van der Waals surface area (Å²) in [5.74, 6) is -0.433. The van der Waals surface area contributed by atoms with Crippen molar-refractivity contribution >= 4 is 34.0 Å². The van der Waals surface area contributed by atoms with E-state index in [-0.39, 0.29) is 11.8 Å². The number of carbonyl (C=O) groups excluding carboxylic acids is 2. The van der Waals surface area contributed by atoms with Crippen LogP contribution in [0.3, 0.4) is 0 Å². The SMILES string of the molecule is CCN(CCNC(=O)c1ccc2c(c1)N(CC)C(=O)c1ccccc1[S@]2=O)c1ccccc1. The second-order valence-electron chi connectivity index (χ2n) is 7.67. The zero-order chi connectivity index (χ0) is 23.4. The van der Waals surface area contributed by atoms with E-state index in [1.54, 1.807) is 47.4 Å². The zero-order valence-corrected chi connectivity index (χ0v) is 19.6. The van der Waals surface area contributed by atoms with Gasteiger partial charge in [0.2, 0.25) is 0 Å². The van der Waals surface area contributed by atoms with E-state index in [1.807, 2.05) is 37.3 Å². The standard InChI is InChI=1S/C26H27N3O3S/c1-3-28(20-10-6-5-7-11-20)17-16-27-25(30)19-14-15-24-22(18-19)29(4-2)26(31)21-12-8-9-13-23(21)33(24)32/h5-15,18H,3-4,16-17H2,1-2H3,(H,27,30)/t33-/m1/s1. The molecule has 7 heteroatoms. The Morgan fingerprint density at radius 3 is 2.42 bits per heavy atom. The summed E-state index contributed by atoms with van der Waals surface area (Å²) in [5, 5.41) is 2.97. The molecule has 0 unspecified atom stereocenters. The highest BCUT2D eigenvalue weighted by molar-refractivity contribution is 7.85. The first-order valence-electron chi connectivity index (χ1n) is 11.1. The highest BCUT2D eigenvalue weighted by Crippen LogP contribution is 2.35. The first-order valence-corrected chi connectivity index (χ1v) is 12.2. The predicted octanol–water partition coefficient (Wildman–Crippen LogP) is 4.09. The number of benzene rings is 3. The Labute approximate surface area is 196 Å². The molecule has 0 radical (unpaired) electrons. The first kappa shape index (κ1) is 22.7. The number of para-hydroxylation sites is 1. The van der Waals surface area contributed by atoms with Crippen LogP contribution in [0.2, 0.25) is 0 Å². The van der Waals surface area contributed by atoms with E-state index in [9.17, 15) is 13.8 Å². The van der Waals surface area contributed by atoms with Crippen LogP contribution in [-0.2, 0) is 10.8 Å². The summed E-state index contributed by atoms with van der Waals surface area (Å²) in [6.45, 7) is 6.34. The Balaban J connectivity index is 1.54. The van der Waals surface area contributed by atoms with Gasteiger partial charge in [0.1, 0.15) is 0 Å². The Morgan fingerprint density at radius 1 is 0.970 bits per heavy atom. The summed E-state index contributed by atoms with van der Waals surface area (Å²) in [7, 11) is -1.51. The van der Waals surface area contributed by atoms with E-state index in [1.165, 1.54) is 0 Å². The Kier molecular flexibility index (Phi) is 6.89. The number of hydrogen-bond donors (Lipinski definition) is 1. The molecule has 0 saturated carbocycles. The fourth-order valence-electron chi connectivity index (χ4n) is 4.03. The van der Waals surface area contributed by atoms with Crippen LogP contribution >= 0.6 is 0 Å². The van der Waals surface area contributed by atoms with Gasteiger partial charge in [-0.2, -0.15) is 0 Å². The molecule has 0 aromatic heterocycles. The highest BCUT2D eigenvalue weighted by atomic mass is 32.2. The molecule has 1 aliphatic rings. The Bertz CT molecular complexity index is 1200. The van der Waals surface area contributed by atoms with Crippen molar-refractivity contribution in [1.82, 2.24) is 5.32 Å². The number of rotatable bonds is 7. The topological polar surface area (TPSA) is 69.7 Å². The van der Waals surface area contributed by atoms with Crippen molar-refractivity contribution in [1.29, 1.82) is 0 Å². The number of fused-ring (bicyclic) bond motifs is 2. The zero-order valence-electron chi connectivity index (χ0n) is 18.8. The fourth-order valence-corrected chi connectivity index (χ4v) is 5.38. The molecular formula is C26H27N3O3S. The van der Waals surface area contributed by atoms with Crippen molar-refractivity contribution < 1.29 is 13.8 Å². The van der Waals surface area contributed by atoms with E-state index in [0.717, 1.165) is 12.2 Å². The summed E-state index contributed by atoms with van der Waals surface area (Å²) in [4.78, 5) is 30.9. The normalized spacial score (nSPS) is 14.8. The summed E-state index contributed by atoms with van der Waals surface area (Å²) in [6, 6.07) is 22.1. The van der Waals surface area contributed by atoms with Gasteiger partial charge in [0, 0.05) is 37.4 Å². The van der Waals surface area contributed by atoms with Crippen molar-refractivity contribution in [2.75, 3.05) is 36.0 Å². The van der Waals surface area contributed by atoms with Crippen LogP contribution in [-0.4, -0.2) is 42.2 Å². The van der Waals surface area contributed by atoms with Crippen molar-refractivity contribution in [3.8, 4) is 0 Å². The van der Waals surface area contributed by atoms with Gasteiger partial charge in [-0.05, 0) is 56.3 Å². The van der Waals surface area contributed by atoms with Crippen LogP contribution in [0.5, 0.6) is 0 Å². The molecule has 1 N–H and O–H groups in total. The molecule has 3 aromatic carbocycles. The van der Waals surface area contributed by atoms with Crippen LogP contribution in [0.1, 0.15) is 34.6 Å². The largest absolute Gasteiger partial charge is 0.370 e. The second kappa shape index (κ2) is 10.0. The number of nitrogens with one attached hydrogen (secondary N) is 1. The smallest absolute Gasteiger partial charge is 0.259 e. The maximum Gasteiger partial charge on any atom is 0.259 e. The minimum Gasteiger partial charge on any atom is -0.370 e. The second-order valence-corrected chi connectivity index (χ2v) is 9.09. The van der Waals surface area contributed by atoms with Crippen molar-refractivity contribution in [2.24, 2.45) is 0 Å². The van der Waals surface area contributed by atoms with Gasteiger partial charge >= 0.3 is 0 Å². The quantitative estimate of drug-likeness (QED) is 0.575. The molecule has 4 rings (SSSR count). The van der Waals surface area contributed by atoms with E-state index in [2.05, 4.69) is 17.1 Å². The van der Waals surface area contributed by atoms with Gasteiger partial charge in [-0.15, -0.1) is 0 Å². The molecule has 1 atom stereocenters. The molecule has 1 aliphatic heterocycles. The van der Waals surface area contributed by atoms with Gasteiger partial charge in [-0.25, -0.2) is 4.21 Å². The minimum absolute atomic E-state index is 0.209. The van der Waals surface area contributed by atoms with Crippen LogP contribution < -0.4 is 15.1 Å². The maximum atomic E-state index is 13.3. The molecule has 0 spiro atoms. The van der Waals surface area contributed by atoms with Gasteiger partial charge in [0.25, 0.3) is 11.8 Å². The van der Waals surface area contributed by atoms with Gasteiger partial charge in [0.05, 0.1) is 31.8 Å². The molecule has 170 valence electrons. The average molecular weight is 462 g/mol. The molecule has 0 bridgehead atoms. The van der Waals surface area contributed by atoms with Crippen LogP contribution in [0, 0.1) is 0 Å². The summed E-state index contributed by atoms with van der Waals surface area (Å²) >= 11 is 0. The summed E-state index contributed by atoms with van der Waals surface area (Å²) in [6.07, 6.45) is 0. The monoisotopic (exact) mass is 461 g/mol. The van der Waals surface area contributed by atoms with E-state index >= 15 is 0 Å². The predicted molar refractivity (Wildman–Crippen MR) is 132 cm³/mol. The van der Waals surface area contributed by atoms with Crippen molar-refractivity contribution in [3.05, 3.63) is 83.9 Å². The third-order valence-electron chi connectivity index (χ3n) is 5.76. The molecule has 0 aliphatic carbocycles. The lowest BCUT2D eigenvalue weighted by molar-refractivity contribution is 0.0951. The third kappa shape index (κ3) is 4.54. The van der Waals surface area contributed by atoms with E-state index in [4.69, 9.17) is 0 Å². The molecule has 33 heavy (non-hydrogen) atoms. The lowest BCUT2D eigenvalue weighted by Crippen LogP contribution is -2.35. The highest BCUT2D eigenvalue weighted by Gasteiger charge is 2.30. The lowest BCUT2D eigenvalue weighted by Gasteiger charge is -2.23. The average Bonchev–Trinajstić information content (AvgIpc) is 2.95. The molecule has 1 heterocycles. The van der Waals surface area contributed by atoms with Gasteiger partial charge in [-0.3, -0.25) is 9.59 Å². The van der Waals surface area contributed by atoms with Crippen LogP contribution in [0.25, 0.3) is 0 Å². The number of likely N-dealkylation sites (N-methyl/N-ethyl adjacent to an activating group) is 1. The maximum absolute atomic E-state index is 13.3. The number of anilines is 2. The van der Waals surface area contributed by atoms with Gasteiger partial charge in [-0.1, -0.05) is 30.3 Å². The molecule has 0 saturated heterocycles. The summed E-state index contributed by atoms with van der Waals surface area (Å²) < 4.78 is 13.3. The molecule has 0 fully saturated rings. The molecule has 2 amide bonds. The number of amides is 2. The summed E-state index contributed by atoms with van der Waals surface area (Å²) in [5.41, 5.74) is 2.49. The Morgan fingerprint density at radius 2 is 1.70 bits per heavy atom. The van der Waals surface area contributed by atoms with E-state index in [0.29, 0.717) is 46.2 Å². The molecular weight excluding hydrogens is 434 g/mol. The third-order valence-corrected chi connectivity index (χ3v) is 7.26. The van der Waals surface area contributed by atoms with Gasteiger partial charge < -0.3 is 15.1 Å². The van der Waals surface area contributed by atoms with Gasteiger partial charge in [0.15, 0.2) is 0 Å². The fraction of sp³-hybridized carbons (Fsp3) is 0.231. The lowest BCUT2D eigenvalue weighted by atomic mass is 10.1. The van der Waals surface area contributed by atoms with Crippen LogP contribution in [0.4, 0.5) is 11.4 Å². The molecule has 6 nitrogen and oxygen atoms in total. The number of nitrogens with zero attached hydrogens (tertiary/aromatic N) is 2. The minimum atomic E-state index is -1.51. The van der Waals surface area contributed by atoms with Crippen molar-refractivity contribution in [3.63, 3.8) is 0 Å². The number of carbonyl (C=O) groups is 2. The van der Waals surface area contributed by atoms with Crippen molar-refractivity contribution in [2.45, 2.75) is 23.6 Å². The van der Waals surface area contributed by atoms with E-state index < -0.39 is 10.8 Å².